The molecule has 18 heavy (non-hydrogen) atoms. The summed E-state index contributed by atoms with van der Waals surface area (Å²) in [6.45, 7) is 0. The van der Waals surface area contributed by atoms with Gasteiger partial charge in [-0.25, -0.2) is 18.4 Å². The van der Waals surface area contributed by atoms with Gasteiger partial charge in [-0.2, -0.15) is 13.2 Å². The van der Waals surface area contributed by atoms with E-state index in [-0.39, 0.29) is 11.0 Å². The zero-order chi connectivity index (χ0) is 13.8. The predicted octanol–water partition coefficient (Wildman–Crippen LogP) is 2.21. The Balaban J connectivity index is 2.55. The van der Waals surface area contributed by atoms with Gasteiger partial charge in [0.1, 0.15) is 17.3 Å². The molecule has 0 aliphatic rings. The molecule has 0 bridgehead atoms. The fourth-order valence-corrected chi connectivity index (χ4v) is 2.27. The van der Waals surface area contributed by atoms with Crippen LogP contribution in [0, 0.1) is 0 Å². The SMILES string of the molecule is O=S(=O)(CCCC(F)(F)F)Nc1cc(Cl)ncn1. The van der Waals surface area contributed by atoms with Gasteiger partial charge in [-0.05, 0) is 6.42 Å². The summed E-state index contributed by atoms with van der Waals surface area (Å²) in [7, 11) is -3.87. The van der Waals surface area contributed by atoms with Crippen LogP contribution >= 0.6 is 11.6 Å². The number of anilines is 1. The maximum atomic E-state index is 11.9. The number of nitrogens with one attached hydrogen (secondary N) is 1. The predicted molar refractivity (Wildman–Crippen MR) is 59.7 cm³/mol. The van der Waals surface area contributed by atoms with Gasteiger partial charge < -0.3 is 0 Å². The molecular weight excluding hydrogens is 295 g/mol. The molecule has 0 atom stereocenters. The summed E-state index contributed by atoms with van der Waals surface area (Å²) in [6, 6.07) is 1.16. The van der Waals surface area contributed by atoms with Gasteiger partial charge in [-0.1, -0.05) is 11.6 Å². The van der Waals surface area contributed by atoms with E-state index in [2.05, 4.69) is 9.97 Å². The number of halogens is 4. The molecule has 0 spiro atoms. The normalized spacial score (nSPS) is 12.4. The van der Waals surface area contributed by atoms with E-state index in [1.807, 2.05) is 4.72 Å². The highest BCUT2D eigenvalue weighted by atomic mass is 35.5. The van der Waals surface area contributed by atoms with Crippen molar-refractivity contribution in [3.8, 4) is 0 Å². The zero-order valence-electron chi connectivity index (χ0n) is 8.91. The number of hydrogen-bond acceptors (Lipinski definition) is 4. The molecule has 10 heteroatoms. The summed E-state index contributed by atoms with van der Waals surface area (Å²) in [5.41, 5.74) is 0. The van der Waals surface area contributed by atoms with Crippen molar-refractivity contribution < 1.29 is 21.6 Å². The summed E-state index contributed by atoms with van der Waals surface area (Å²) in [4.78, 5) is 7.11. The Kier molecular flexibility index (Phi) is 4.74. The Morgan fingerprint density at radius 1 is 1.33 bits per heavy atom. The summed E-state index contributed by atoms with van der Waals surface area (Å²) in [6.07, 6.45) is -5.00. The van der Waals surface area contributed by atoms with Crippen LogP contribution in [0.2, 0.25) is 5.15 Å². The average molecular weight is 304 g/mol. The third-order valence-corrected chi connectivity index (χ3v) is 3.32. The van der Waals surface area contributed by atoms with E-state index in [1.54, 1.807) is 0 Å². The largest absolute Gasteiger partial charge is 0.389 e. The molecule has 5 nitrogen and oxygen atoms in total. The summed E-state index contributed by atoms with van der Waals surface area (Å²) < 4.78 is 60.4. The van der Waals surface area contributed by atoms with Crippen molar-refractivity contribution in [1.82, 2.24) is 9.97 Å². The maximum Gasteiger partial charge on any atom is 0.389 e. The molecule has 0 fully saturated rings. The van der Waals surface area contributed by atoms with E-state index in [9.17, 15) is 21.6 Å². The molecule has 1 aromatic rings. The molecule has 102 valence electrons. The van der Waals surface area contributed by atoms with Crippen molar-refractivity contribution in [2.45, 2.75) is 19.0 Å². The highest BCUT2D eigenvalue weighted by molar-refractivity contribution is 7.92. The lowest BCUT2D eigenvalue weighted by molar-refractivity contribution is -0.134. The molecule has 0 amide bonds. The van der Waals surface area contributed by atoms with Gasteiger partial charge in [0.25, 0.3) is 0 Å². The van der Waals surface area contributed by atoms with Gasteiger partial charge in [0.2, 0.25) is 10.0 Å². The highest BCUT2D eigenvalue weighted by Crippen LogP contribution is 2.21. The van der Waals surface area contributed by atoms with Gasteiger partial charge in [0.15, 0.2) is 0 Å². The number of alkyl halides is 3. The Hall–Kier alpha value is -1.09. The van der Waals surface area contributed by atoms with Crippen molar-refractivity contribution in [1.29, 1.82) is 0 Å². The fraction of sp³-hybridized carbons (Fsp3) is 0.500. The number of aromatic nitrogens is 2. The first-order valence-corrected chi connectivity index (χ1v) is 6.76. The second-order valence-electron chi connectivity index (χ2n) is 3.37. The summed E-state index contributed by atoms with van der Waals surface area (Å²) >= 11 is 5.50. The van der Waals surface area contributed by atoms with Crippen LogP contribution in [0.4, 0.5) is 19.0 Å². The van der Waals surface area contributed by atoms with E-state index < -0.39 is 34.8 Å². The topological polar surface area (TPSA) is 72.0 Å². The Bertz CT molecular complexity index is 507. The van der Waals surface area contributed by atoms with Gasteiger partial charge >= 0.3 is 6.18 Å². The molecule has 0 aliphatic carbocycles. The van der Waals surface area contributed by atoms with Crippen LogP contribution < -0.4 is 4.72 Å². The van der Waals surface area contributed by atoms with E-state index in [0.717, 1.165) is 12.4 Å². The third kappa shape index (κ3) is 6.01. The van der Waals surface area contributed by atoms with Crippen molar-refractivity contribution in [2.75, 3.05) is 10.5 Å². The van der Waals surface area contributed by atoms with Gasteiger partial charge in [0.05, 0.1) is 5.75 Å². The number of nitrogens with zero attached hydrogens (tertiary/aromatic N) is 2. The first-order chi connectivity index (χ1) is 8.18. The molecule has 1 heterocycles. The van der Waals surface area contributed by atoms with Crippen LogP contribution in [0.15, 0.2) is 12.4 Å². The molecule has 0 aromatic carbocycles. The molecule has 0 saturated carbocycles. The first-order valence-electron chi connectivity index (χ1n) is 4.73. The number of sulfonamides is 1. The van der Waals surface area contributed by atoms with Crippen LogP contribution in [-0.4, -0.2) is 30.3 Å². The van der Waals surface area contributed by atoms with Crippen molar-refractivity contribution in [3.05, 3.63) is 17.5 Å². The minimum Gasteiger partial charge on any atom is -0.267 e. The van der Waals surface area contributed by atoms with Crippen molar-refractivity contribution in [2.24, 2.45) is 0 Å². The van der Waals surface area contributed by atoms with Crippen LogP contribution in [0.3, 0.4) is 0 Å². The quantitative estimate of drug-likeness (QED) is 0.847. The molecule has 0 radical (unpaired) electrons. The second-order valence-corrected chi connectivity index (χ2v) is 5.59. The van der Waals surface area contributed by atoms with Crippen LogP contribution in [0.25, 0.3) is 0 Å². The lowest BCUT2D eigenvalue weighted by atomic mass is 10.3. The van der Waals surface area contributed by atoms with Crippen LogP contribution in [0.5, 0.6) is 0 Å². The molecule has 0 aliphatic heterocycles. The van der Waals surface area contributed by atoms with Gasteiger partial charge in [-0.15, -0.1) is 0 Å². The number of rotatable bonds is 5. The lowest BCUT2D eigenvalue weighted by Crippen LogP contribution is -2.19. The van der Waals surface area contributed by atoms with E-state index >= 15 is 0 Å². The van der Waals surface area contributed by atoms with Crippen LogP contribution in [-0.2, 0) is 10.0 Å². The van der Waals surface area contributed by atoms with Crippen LogP contribution in [0.1, 0.15) is 12.8 Å². The monoisotopic (exact) mass is 303 g/mol. The van der Waals surface area contributed by atoms with Gasteiger partial charge in [0, 0.05) is 12.5 Å². The number of hydrogen-bond donors (Lipinski definition) is 1. The van der Waals surface area contributed by atoms with E-state index in [4.69, 9.17) is 11.6 Å². The first kappa shape index (κ1) is 15.0. The molecule has 0 saturated heterocycles. The Morgan fingerprint density at radius 2 is 2.00 bits per heavy atom. The molecule has 1 aromatic heterocycles. The highest BCUT2D eigenvalue weighted by Gasteiger charge is 2.27. The minimum atomic E-state index is -4.37. The summed E-state index contributed by atoms with van der Waals surface area (Å²) in [5, 5.41) is 0.0259. The molecular formula is C8H9ClF3N3O2S. The van der Waals surface area contributed by atoms with Crippen molar-refractivity contribution >= 4 is 27.4 Å². The summed E-state index contributed by atoms with van der Waals surface area (Å²) in [5.74, 6) is -0.726. The van der Waals surface area contributed by atoms with E-state index in [0.29, 0.717) is 0 Å². The fourth-order valence-electron chi connectivity index (χ4n) is 1.06. The molecule has 1 N–H and O–H groups in total. The second kappa shape index (κ2) is 5.70. The Morgan fingerprint density at radius 3 is 2.56 bits per heavy atom. The Labute approximate surface area is 106 Å². The molecule has 1 rings (SSSR count). The third-order valence-electron chi connectivity index (χ3n) is 1.77. The standard InChI is InChI=1S/C8H9ClF3N3O2S/c9-6-4-7(14-5-13-6)15-18(16,17)3-1-2-8(10,11)12/h4-5H,1-3H2,(H,13,14,15). The smallest absolute Gasteiger partial charge is 0.267 e. The average Bonchev–Trinajstić information content (AvgIpc) is 2.13. The zero-order valence-corrected chi connectivity index (χ0v) is 10.5. The lowest BCUT2D eigenvalue weighted by Gasteiger charge is -2.08. The molecule has 0 unspecified atom stereocenters. The van der Waals surface area contributed by atoms with E-state index in [1.165, 1.54) is 0 Å². The van der Waals surface area contributed by atoms with Gasteiger partial charge in [-0.3, -0.25) is 4.72 Å². The minimum absolute atomic E-state index is 0.0259. The maximum absolute atomic E-state index is 11.9. The van der Waals surface area contributed by atoms with Crippen molar-refractivity contribution in [3.63, 3.8) is 0 Å².